The molecule has 2 aliphatic rings. The van der Waals surface area contributed by atoms with E-state index in [4.69, 9.17) is 10.6 Å². The van der Waals surface area contributed by atoms with Gasteiger partial charge in [0.2, 0.25) is 0 Å². The summed E-state index contributed by atoms with van der Waals surface area (Å²) in [6.45, 7) is 8.12. The average Bonchev–Trinajstić information content (AvgIpc) is 3.03. The summed E-state index contributed by atoms with van der Waals surface area (Å²) in [5.74, 6) is 0.614. The lowest BCUT2D eigenvalue weighted by Crippen LogP contribution is -2.54. The van der Waals surface area contributed by atoms with Crippen molar-refractivity contribution in [2.45, 2.75) is 51.0 Å². The van der Waals surface area contributed by atoms with Crippen LogP contribution in [0.3, 0.4) is 0 Å². The standard InChI is InChI=1S/C16H25N3O/c1-15(2,3)20-18-16-9-13(16)11-19(14(16)17)10-12-7-5-4-6-8-12/h4-8,13-14,18H,9-11,17H2,1-3H3. The molecule has 0 radical (unpaired) electrons. The molecule has 3 unspecified atom stereocenters. The van der Waals surface area contributed by atoms with E-state index in [1.165, 1.54) is 5.56 Å². The van der Waals surface area contributed by atoms with E-state index in [2.05, 4.69) is 55.4 Å². The van der Waals surface area contributed by atoms with E-state index < -0.39 is 0 Å². The van der Waals surface area contributed by atoms with Crippen LogP contribution in [-0.2, 0) is 11.4 Å². The second kappa shape index (κ2) is 4.81. The van der Waals surface area contributed by atoms with Crippen molar-refractivity contribution in [3.05, 3.63) is 35.9 Å². The molecule has 1 aromatic rings. The second-order valence-corrected chi connectivity index (χ2v) is 7.12. The van der Waals surface area contributed by atoms with E-state index in [1.807, 2.05) is 6.07 Å². The molecular weight excluding hydrogens is 250 g/mol. The number of hydrogen-bond donors (Lipinski definition) is 2. The van der Waals surface area contributed by atoms with Gasteiger partial charge in [0.05, 0.1) is 17.3 Å². The largest absolute Gasteiger partial charge is 0.314 e. The predicted octanol–water partition coefficient (Wildman–Crippen LogP) is 1.87. The Morgan fingerprint density at radius 2 is 2.05 bits per heavy atom. The Morgan fingerprint density at radius 3 is 2.70 bits per heavy atom. The molecule has 0 bridgehead atoms. The number of nitrogens with two attached hydrogens (primary N) is 1. The fraction of sp³-hybridized carbons (Fsp3) is 0.625. The van der Waals surface area contributed by atoms with Gasteiger partial charge in [0.25, 0.3) is 0 Å². The molecule has 3 rings (SSSR count). The first-order valence-electron chi connectivity index (χ1n) is 7.39. The van der Waals surface area contributed by atoms with Crippen LogP contribution in [0.15, 0.2) is 30.3 Å². The zero-order chi connectivity index (χ0) is 14.4. The van der Waals surface area contributed by atoms with E-state index in [1.54, 1.807) is 0 Å². The quantitative estimate of drug-likeness (QED) is 0.824. The first kappa shape index (κ1) is 14.0. The minimum absolute atomic E-state index is 0.0232. The van der Waals surface area contributed by atoms with Crippen LogP contribution in [-0.4, -0.2) is 28.8 Å². The third kappa shape index (κ3) is 2.61. The molecule has 110 valence electrons. The average molecular weight is 275 g/mol. The predicted molar refractivity (Wildman–Crippen MR) is 79.6 cm³/mol. The monoisotopic (exact) mass is 275 g/mol. The molecule has 3 atom stereocenters. The van der Waals surface area contributed by atoms with Gasteiger partial charge in [-0.1, -0.05) is 30.3 Å². The molecule has 4 heteroatoms. The van der Waals surface area contributed by atoms with Crippen LogP contribution in [0.1, 0.15) is 32.8 Å². The Morgan fingerprint density at radius 1 is 1.35 bits per heavy atom. The SMILES string of the molecule is CC(C)(C)ONC12CC1CN(Cc1ccccc1)C2N. The normalized spacial score (nSPS) is 33.2. The van der Waals surface area contributed by atoms with Crippen LogP contribution in [0.4, 0.5) is 0 Å². The van der Waals surface area contributed by atoms with Crippen LogP contribution in [0.5, 0.6) is 0 Å². The molecule has 1 saturated heterocycles. The maximum atomic E-state index is 6.46. The van der Waals surface area contributed by atoms with E-state index in [0.29, 0.717) is 5.92 Å². The van der Waals surface area contributed by atoms with E-state index in [0.717, 1.165) is 19.5 Å². The number of likely N-dealkylation sites (tertiary alicyclic amines) is 1. The fourth-order valence-electron chi connectivity index (χ4n) is 3.08. The minimum Gasteiger partial charge on any atom is -0.314 e. The van der Waals surface area contributed by atoms with E-state index >= 15 is 0 Å². The van der Waals surface area contributed by atoms with Crippen LogP contribution in [0, 0.1) is 5.92 Å². The number of nitrogens with one attached hydrogen (secondary N) is 1. The maximum Gasteiger partial charge on any atom is 0.0813 e. The van der Waals surface area contributed by atoms with Crippen molar-refractivity contribution < 1.29 is 4.84 Å². The number of nitrogens with zero attached hydrogens (tertiary/aromatic N) is 1. The molecule has 1 saturated carbocycles. The number of hydroxylamine groups is 1. The van der Waals surface area contributed by atoms with Gasteiger partial charge in [-0.15, -0.1) is 0 Å². The molecule has 0 spiro atoms. The highest BCUT2D eigenvalue weighted by atomic mass is 16.7. The smallest absolute Gasteiger partial charge is 0.0813 e. The summed E-state index contributed by atoms with van der Waals surface area (Å²) in [5, 5.41) is 0. The van der Waals surface area contributed by atoms with Gasteiger partial charge >= 0.3 is 0 Å². The summed E-state index contributed by atoms with van der Waals surface area (Å²) < 4.78 is 0. The molecule has 1 aromatic carbocycles. The van der Waals surface area contributed by atoms with Gasteiger partial charge in [-0.2, -0.15) is 5.48 Å². The molecule has 0 aromatic heterocycles. The summed E-state index contributed by atoms with van der Waals surface area (Å²) in [5.41, 5.74) is 10.8. The molecule has 3 N–H and O–H groups in total. The van der Waals surface area contributed by atoms with Gasteiger partial charge in [0, 0.05) is 13.1 Å². The van der Waals surface area contributed by atoms with Crippen molar-refractivity contribution in [3.63, 3.8) is 0 Å². The molecule has 1 aliphatic heterocycles. The highest BCUT2D eigenvalue weighted by Crippen LogP contribution is 2.52. The van der Waals surface area contributed by atoms with Gasteiger partial charge in [0.15, 0.2) is 0 Å². The minimum atomic E-state index is -0.186. The number of piperidine rings is 1. The van der Waals surface area contributed by atoms with Crippen molar-refractivity contribution in [1.29, 1.82) is 0 Å². The van der Waals surface area contributed by atoms with Gasteiger partial charge < -0.3 is 5.73 Å². The summed E-state index contributed by atoms with van der Waals surface area (Å²) in [6.07, 6.45) is 1.14. The van der Waals surface area contributed by atoms with Gasteiger partial charge in [0.1, 0.15) is 0 Å². The number of benzene rings is 1. The molecule has 0 amide bonds. The highest BCUT2D eigenvalue weighted by Gasteiger charge is 2.65. The number of rotatable bonds is 4. The molecule has 4 nitrogen and oxygen atoms in total. The number of hydrogen-bond acceptors (Lipinski definition) is 4. The lowest BCUT2D eigenvalue weighted by atomic mass is 10.2. The van der Waals surface area contributed by atoms with E-state index in [-0.39, 0.29) is 17.3 Å². The Bertz CT molecular complexity index is 470. The van der Waals surface area contributed by atoms with Crippen LogP contribution < -0.4 is 11.2 Å². The Labute approximate surface area is 121 Å². The molecule has 1 aliphatic carbocycles. The van der Waals surface area contributed by atoms with Crippen molar-refractivity contribution in [3.8, 4) is 0 Å². The van der Waals surface area contributed by atoms with Crippen LogP contribution in [0.25, 0.3) is 0 Å². The first-order chi connectivity index (χ1) is 9.41. The summed E-state index contributed by atoms with van der Waals surface area (Å²) in [6, 6.07) is 10.5. The number of fused-ring (bicyclic) bond motifs is 1. The Hall–Kier alpha value is -0.940. The van der Waals surface area contributed by atoms with Gasteiger partial charge in [-0.05, 0) is 38.7 Å². The third-order valence-corrected chi connectivity index (χ3v) is 4.30. The lowest BCUT2D eigenvalue weighted by molar-refractivity contribution is -0.102. The maximum absolute atomic E-state index is 6.46. The molecular formula is C16H25N3O. The van der Waals surface area contributed by atoms with Gasteiger partial charge in [-0.3, -0.25) is 9.74 Å². The molecule has 20 heavy (non-hydrogen) atoms. The Kier molecular flexibility index (Phi) is 3.37. The van der Waals surface area contributed by atoms with Crippen molar-refractivity contribution in [2.75, 3.05) is 6.54 Å². The lowest BCUT2D eigenvalue weighted by Gasteiger charge is -2.31. The fourth-order valence-corrected chi connectivity index (χ4v) is 3.08. The second-order valence-electron chi connectivity index (χ2n) is 7.12. The topological polar surface area (TPSA) is 50.5 Å². The van der Waals surface area contributed by atoms with Crippen molar-refractivity contribution in [2.24, 2.45) is 11.7 Å². The van der Waals surface area contributed by atoms with E-state index in [9.17, 15) is 0 Å². The zero-order valence-corrected chi connectivity index (χ0v) is 12.6. The third-order valence-electron chi connectivity index (χ3n) is 4.30. The van der Waals surface area contributed by atoms with Crippen molar-refractivity contribution >= 4 is 0 Å². The highest BCUT2D eigenvalue weighted by molar-refractivity contribution is 5.22. The zero-order valence-electron chi connectivity index (χ0n) is 12.6. The first-order valence-corrected chi connectivity index (χ1v) is 7.39. The summed E-state index contributed by atoms with van der Waals surface area (Å²) in [4.78, 5) is 8.12. The summed E-state index contributed by atoms with van der Waals surface area (Å²) >= 11 is 0. The van der Waals surface area contributed by atoms with Gasteiger partial charge in [-0.25, -0.2) is 0 Å². The molecule has 2 fully saturated rings. The van der Waals surface area contributed by atoms with Crippen LogP contribution in [0.2, 0.25) is 0 Å². The van der Waals surface area contributed by atoms with Crippen molar-refractivity contribution in [1.82, 2.24) is 10.4 Å². The molecule has 1 heterocycles. The summed E-state index contributed by atoms with van der Waals surface area (Å²) in [7, 11) is 0. The van der Waals surface area contributed by atoms with Crippen LogP contribution >= 0.6 is 0 Å². The Balaban J connectivity index is 1.62.